The standard InChI is InChI=1S/C48H31NS/c1-2-13-33(14-3-1)49-43-21-11-10-16-35(43)41-28-31(23-26-44(41)49)46-36-17-6-8-19-38(36)47(39-20-9-7-18-37(39)46)32-24-27-45-42(29-32)40-25-22-30-12-4-5-15-34(30)48(40)50-45/h1-25,27-29,44H,26H2. The molecule has 9 aromatic rings. The van der Waals surface area contributed by atoms with Crippen molar-refractivity contribution in [2.24, 2.45) is 0 Å². The van der Waals surface area contributed by atoms with Crippen molar-refractivity contribution in [3.8, 4) is 11.1 Å². The Morgan fingerprint density at radius 1 is 0.520 bits per heavy atom. The lowest BCUT2D eigenvalue weighted by atomic mass is 9.82. The van der Waals surface area contributed by atoms with Crippen LogP contribution < -0.4 is 4.90 Å². The molecule has 2 heterocycles. The molecule has 2 heteroatoms. The second-order valence-corrected chi connectivity index (χ2v) is 14.6. The normalized spacial score (nSPS) is 15.5. The summed E-state index contributed by atoms with van der Waals surface area (Å²) in [6.45, 7) is 0. The lowest BCUT2D eigenvalue weighted by Crippen LogP contribution is -2.27. The van der Waals surface area contributed by atoms with Crippen LogP contribution in [0.2, 0.25) is 0 Å². The van der Waals surface area contributed by atoms with Crippen molar-refractivity contribution in [2.75, 3.05) is 4.90 Å². The fourth-order valence-corrected chi connectivity index (χ4v) is 10.00. The summed E-state index contributed by atoms with van der Waals surface area (Å²) in [4.78, 5) is 2.53. The second kappa shape index (κ2) is 10.8. The van der Waals surface area contributed by atoms with E-state index in [9.17, 15) is 0 Å². The molecule has 0 radical (unpaired) electrons. The number of allylic oxidation sites excluding steroid dienone is 2. The number of anilines is 2. The molecule has 1 unspecified atom stereocenters. The summed E-state index contributed by atoms with van der Waals surface area (Å²) >= 11 is 1.91. The third kappa shape index (κ3) is 4.00. The smallest absolute Gasteiger partial charge is 0.0633 e. The predicted octanol–water partition coefficient (Wildman–Crippen LogP) is 13.6. The summed E-state index contributed by atoms with van der Waals surface area (Å²) in [6.07, 6.45) is 5.92. The first-order valence-electron chi connectivity index (χ1n) is 17.5. The van der Waals surface area contributed by atoms with Crippen molar-refractivity contribution in [3.05, 3.63) is 181 Å². The van der Waals surface area contributed by atoms with Crippen LogP contribution in [0.25, 0.3) is 74.8 Å². The largest absolute Gasteiger partial charge is 0.333 e. The molecule has 0 spiro atoms. The van der Waals surface area contributed by atoms with E-state index in [1.807, 2.05) is 11.3 Å². The molecule has 1 aliphatic heterocycles. The van der Waals surface area contributed by atoms with Crippen molar-refractivity contribution in [1.29, 1.82) is 0 Å². The minimum atomic E-state index is 0.277. The van der Waals surface area contributed by atoms with Crippen molar-refractivity contribution in [3.63, 3.8) is 0 Å². The molecule has 0 saturated heterocycles. The fourth-order valence-electron chi connectivity index (χ4n) is 8.78. The molecular formula is C48H31NS. The van der Waals surface area contributed by atoms with Gasteiger partial charge in [0, 0.05) is 37.1 Å². The number of nitrogens with zero attached hydrogens (tertiary/aromatic N) is 1. The highest BCUT2D eigenvalue weighted by Gasteiger charge is 2.36. The van der Waals surface area contributed by atoms with E-state index < -0.39 is 0 Å². The lowest BCUT2D eigenvalue weighted by molar-refractivity contribution is 0.831. The fraction of sp³-hybridized carbons (Fsp3) is 0.0417. The van der Waals surface area contributed by atoms with Crippen molar-refractivity contribution < 1.29 is 0 Å². The van der Waals surface area contributed by atoms with Gasteiger partial charge in [-0.3, -0.25) is 0 Å². The highest BCUT2D eigenvalue weighted by Crippen LogP contribution is 2.51. The van der Waals surface area contributed by atoms with Gasteiger partial charge in [-0.1, -0.05) is 133 Å². The van der Waals surface area contributed by atoms with Crippen LogP contribution in [0.4, 0.5) is 11.4 Å². The quantitative estimate of drug-likeness (QED) is 0.172. The molecule has 11 rings (SSSR count). The third-order valence-electron chi connectivity index (χ3n) is 10.9. The first-order chi connectivity index (χ1) is 24.8. The van der Waals surface area contributed by atoms with E-state index in [0.29, 0.717) is 0 Å². The van der Waals surface area contributed by atoms with Crippen molar-refractivity contribution >= 4 is 86.3 Å². The van der Waals surface area contributed by atoms with E-state index in [-0.39, 0.29) is 6.04 Å². The molecule has 0 bridgehead atoms. The van der Waals surface area contributed by atoms with Gasteiger partial charge >= 0.3 is 0 Å². The first-order valence-corrected chi connectivity index (χ1v) is 18.3. The van der Waals surface area contributed by atoms with Gasteiger partial charge in [0.1, 0.15) is 0 Å². The van der Waals surface area contributed by atoms with Gasteiger partial charge in [0.25, 0.3) is 0 Å². The Morgan fingerprint density at radius 2 is 1.18 bits per heavy atom. The zero-order valence-corrected chi connectivity index (χ0v) is 28.1. The lowest BCUT2D eigenvalue weighted by Gasteiger charge is -2.30. The summed E-state index contributed by atoms with van der Waals surface area (Å²) in [7, 11) is 0. The Bertz CT molecular complexity index is 2850. The van der Waals surface area contributed by atoms with Crippen LogP contribution in [0.15, 0.2) is 170 Å². The Labute approximate surface area is 294 Å². The Balaban J connectivity index is 1.12. The van der Waals surface area contributed by atoms with Gasteiger partial charge in [-0.15, -0.1) is 11.3 Å². The molecule has 8 aromatic carbocycles. The number of thiophene rings is 1. The minimum absolute atomic E-state index is 0.277. The van der Waals surface area contributed by atoms with Crippen LogP contribution in [0.5, 0.6) is 0 Å². The van der Waals surface area contributed by atoms with Gasteiger partial charge in [0.2, 0.25) is 0 Å². The van der Waals surface area contributed by atoms with Gasteiger partial charge in [-0.25, -0.2) is 0 Å². The average molecular weight is 654 g/mol. The van der Waals surface area contributed by atoms with Crippen LogP contribution in [0.1, 0.15) is 17.5 Å². The molecule has 1 atom stereocenters. The molecule has 2 aliphatic rings. The van der Waals surface area contributed by atoms with Gasteiger partial charge in [0.05, 0.1) is 6.04 Å². The van der Waals surface area contributed by atoms with Crippen LogP contribution in [-0.2, 0) is 0 Å². The van der Waals surface area contributed by atoms with Gasteiger partial charge < -0.3 is 4.90 Å². The first kappa shape index (κ1) is 27.9. The van der Waals surface area contributed by atoms with Crippen LogP contribution in [0, 0.1) is 0 Å². The van der Waals surface area contributed by atoms with E-state index in [2.05, 4.69) is 175 Å². The third-order valence-corrected chi connectivity index (χ3v) is 12.1. The Morgan fingerprint density at radius 3 is 1.96 bits per heavy atom. The molecule has 1 aliphatic carbocycles. The van der Waals surface area contributed by atoms with Crippen LogP contribution in [0.3, 0.4) is 0 Å². The number of rotatable bonds is 3. The maximum Gasteiger partial charge on any atom is 0.0633 e. The summed E-state index contributed by atoms with van der Waals surface area (Å²) in [6, 6.07) is 58.6. The molecule has 0 saturated carbocycles. The number of para-hydroxylation sites is 2. The van der Waals surface area contributed by atoms with Gasteiger partial charge in [-0.05, 0) is 103 Å². The second-order valence-electron chi connectivity index (χ2n) is 13.6. The molecule has 50 heavy (non-hydrogen) atoms. The summed E-state index contributed by atoms with van der Waals surface area (Å²) < 4.78 is 2.70. The molecule has 0 N–H and O–H groups in total. The van der Waals surface area contributed by atoms with Crippen LogP contribution in [-0.4, -0.2) is 6.04 Å². The number of hydrogen-bond donors (Lipinski definition) is 0. The number of fused-ring (bicyclic) bond motifs is 10. The highest BCUT2D eigenvalue weighted by molar-refractivity contribution is 7.26. The van der Waals surface area contributed by atoms with E-state index >= 15 is 0 Å². The maximum atomic E-state index is 2.53. The average Bonchev–Trinajstić information content (AvgIpc) is 3.72. The Kier molecular flexibility index (Phi) is 6.02. The van der Waals surface area contributed by atoms with Crippen molar-refractivity contribution in [2.45, 2.75) is 12.5 Å². The number of benzene rings is 8. The minimum Gasteiger partial charge on any atom is -0.333 e. The van der Waals surface area contributed by atoms with E-state index in [4.69, 9.17) is 0 Å². The zero-order valence-electron chi connectivity index (χ0n) is 27.3. The molecular weight excluding hydrogens is 623 g/mol. The molecule has 0 amide bonds. The molecule has 1 nitrogen and oxygen atoms in total. The zero-order chi connectivity index (χ0) is 32.8. The van der Waals surface area contributed by atoms with E-state index in [1.54, 1.807) is 0 Å². The summed E-state index contributed by atoms with van der Waals surface area (Å²) in [5.41, 5.74) is 10.5. The highest BCUT2D eigenvalue weighted by atomic mass is 32.1. The monoisotopic (exact) mass is 653 g/mol. The molecule has 1 aromatic heterocycles. The van der Waals surface area contributed by atoms with E-state index in [1.165, 1.54) is 97.3 Å². The molecule has 0 fully saturated rings. The topological polar surface area (TPSA) is 3.24 Å². The van der Waals surface area contributed by atoms with Crippen LogP contribution >= 0.6 is 11.3 Å². The number of hydrogen-bond acceptors (Lipinski definition) is 2. The van der Waals surface area contributed by atoms with Gasteiger partial charge in [-0.2, -0.15) is 0 Å². The van der Waals surface area contributed by atoms with Crippen molar-refractivity contribution in [1.82, 2.24) is 0 Å². The molecule has 234 valence electrons. The summed E-state index contributed by atoms with van der Waals surface area (Å²) in [5.74, 6) is 0. The summed E-state index contributed by atoms with van der Waals surface area (Å²) in [5, 5.41) is 10.5. The SMILES string of the molecule is C1=C(c2c3ccccc3c(-c3ccc4sc5c6ccccc6ccc5c4c3)c3ccccc23)C=C2c3ccccc3N(c3ccccc3)C2C1. The Hall–Kier alpha value is -5.96. The maximum absolute atomic E-state index is 2.53. The van der Waals surface area contributed by atoms with Gasteiger partial charge in [0.15, 0.2) is 0 Å². The van der Waals surface area contributed by atoms with E-state index in [0.717, 1.165) is 6.42 Å². The predicted molar refractivity (Wildman–Crippen MR) is 217 cm³/mol.